The van der Waals surface area contributed by atoms with Gasteiger partial charge < -0.3 is 42.3 Å². The van der Waals surface area contributed by atoms with Gasteiger partial charge in [-0.2, -0.15) is 5.26 Å². The quantitative estimate of drug-likeness (QED) is 0.0207. The van der Waals surface area contributed by atoms with Gasteiger partial charge in [0.1, 0.15) is 23.2 Å². The number of aromatic amines is 1. The molecule has 0 atom stereocenters. The number of carbonyl (C=O) groups excluding carboxylic acids is 2. The summed E-state index contributed by atoms with van der Waals surface area (Å²) in [4.78, 5) is 48.1. The van der Waals surface area contributed by atoms with Crippen molar-refractivity contribution in [2.75, 3.05) is 5.73 Å². The Labute approximate surface area is 421 Å². The average molecular weight is 976 g/mol. The number of oxime groups is 1. The van der Waals surface area contributed by atoms with Crippen molar-refractivity contribution in [3.05, 3.63) is 164 Å². The van der Waals surface area contributed by atoms with Crippen molar-refractivity contribution in [2.45, 2.75) is 39.7 Å². The predicted octanol–water partition coefficient (Wildman–Crippen LogP) is 3.63. The van der Waals surface area contributed by atoms with Crippen LogP contribution >= 0.6 is 34.8 Å². The molecule has 18 nitrogen and oxygen atoms in total. The topological polar surface area (TPSA) is 313 Å². The third-order valence-corrected chi connectivity index (χ3v) is 9.84. The molecule has 0 radical (unpaired) electrons. The van der Waals surface area contributed by atoms with Crippen LogP contribution in [0.25, 0.3) is 32.7 Å². The van der Waals surface area contributed by atoms with Crippen LogP contribution in [0.5, 0.6) is 0 Å². The Morgan fingerprint density at radius 2 is 1.33 bits per heavy atom. The normalized spacial score (nSPS) is 10.3. The standard InChI is InChI=1S/C22H21ClN6O.C11H10ClN3O.C11H7ClN2.CH2O3.H3NO.Na/c1-12-5-20(24)28-13(2)17(12)10-27-22(30)19-11-26-21(29-19)7-14-3-4-18-15(6-14)8-16(23)9-25-18;12-9-5-8-3-7(4-11(13)15-16)1-2-10(8)14-6-9;12-10-6-9-5-8(3-4-13)1-2-11(9)14-7-10;2-1-4-3;1-2;/h3-6,8-9,11H,7,10H2,1-2H3,(H2,24,28)(H,26,29)(H,27,30);1-3,5-6,16H,4H2,(H2,13,15);1-2,5-7H,3H2;1,3H;2H,1H2;/q;;;;;+1/p-1. The van der Waals surface area contributed by atoms with E-state index in [1.54, 1.807) is 30.9 Å². The molecule has 0 saturated carbocycles. The SMILES string of the molecule is Cc1cc(N)nc(C)c1CNC(=O)c1cnc(Cc2ccc3ncc(Cl)cc3c2)[nH]1.N#CCc1ccc2ncc(Cl)cc2c1.NC(Cc1ccc2ncc(Cl)cc2c1)=NO.NO.O=CO[O-].[Na+]. The largest absolute Gasteiger partial charge is 1.00 e. The first-order valence-electron chi connectivity index (χ1n) is 19.3. The van der Waals surface area contributed by atoms with E-state index in [9.17, 15) is 4.79 Å². The van der Waals surface area contributed by atoms with Gasteiger partial charge in [-0.3, -0.25) is 24.5 Å². The van der Waals surface area contributed by atoms with Gasteiger partial charge in [0.25, 0.3) is 12.4 Å². The van der Waals surface area contributed by atoms with Gasteiger partial charge in [0.05, 0.1) is 50.3 Å². The van der Waals surface area contributed by atoms with Crippen LogP contribution in [0.3, 0.4) is 0 Å². The van der Waals surface area contributed by atoms with Crippen LogP contribution in [0.15, 0.2) is 109 Å². The van der Waals surface area contributed by atoms with E-state index < -0.39 is 0 Å². The molecule has 8 aromatic rings. The number of nitrogen functional groups attached to an aromatic ring is 1. The number of carbonyl (C=O) groups is 2. The molecule has 0 bridgehead atoms. The van der Waals surface area contributed by atoms with Gasteiger partial charge in [0.15, 0.2) is 0 Å². The number of amidine groups is 1. The van der Waals surface area contributed by atoms with E-state index in [0.717, 1.165) is 66.2 Å². The zero-order chi connectivity index (χ0) is 48.2. The number of nitriles is 1. The maximum absolute atomic E-state index is 12.5. The Balaban J connectivity index is 0.000000271. The average Bonchev–Trinajstić information content (AvgIpc) is 3.78. The minimum atomic E-state index is -0.223. The van der Waals surface area contributed by atoms with E-state index >= 15 is 0 Å². The fourth-order valence-electron chi connectivity index (χ4n) is 6.31. The molecule has 5 aromatic heterocycles. The number of amides is 1. The summed E-state index contributed by atoms with van der Waals surface area (Å²) in [6, 6.07) is 26.9. The van der Waals surface area contributed by atoms with Crippen molar-refractivity contribution in [1.82, 2.24) is 35.2 Å². The minimum absolute atomic E-state index is 0. The smallest absolute Gasteiger partial charge is 0.662 e. The van der Waals surface area contributed by atoms with Gasteiger partial charge in [0, 0.05) is 59.8 Å². The summed E-state index contributed by atoms with van der Waals surface area (Å²) < 4.78 is 0. The first-order chi connectivity index (χ1) is 31.8. The first kappa shape index (κ1) is 54.8. The molecule has 0 spiro atoms. The van der Waals surface area contributed by atoms with Crippen molar-refractivity contribution in [1.29, 1.82) is 5.26 Å². The third-order valence-electron chi connectivity index (χ3n) is 9.22. The molecule has 1 amide bonds. The van der Waals surface area contributed by atoms with Crippen molar-refractivity contribution >= 4 is 91.5 Å². The summed E-state index contributed by atoms with van der Waals surface area (Å²) in [7, 11) is 0. The molecule has 0 aliphatic carbocycles. The second kappa shape index (κ2) is 27.9. The number of pyridine rings is 4. The molecule has 0 aliphatic heterocycles. The zero-order valence-electron chi connectivity index (χ0n) is 36.2. The molecule has 3 aromatic carbocycles. The predicted molar refractivity (Wildman–Crippen MR) is 250 cm³/mol. The summed E-state index contributed by atoms with van der Waals surface area (Å²) >= 11 is 17.7. The maximum Gasteiger partial charge on any atom is 1.00 e. The molecule has 0 fully saturated rings. The Morgan fingerprint density at radius 1 is 0.836 bits per heavy atom. The number of H-pyrrole nitrogens is 1. The van der Waals surface area contributed by atoms with Gasteiger partial charge in [-0.25, -0.2) is 15.9 Å². The molecule has 67 heavy (non-hydrogen) atoms. The zero-order valence-corrected chi connectivity index (χ0v) is 40.5. The number of fused-ring (bicyclic) bond motifs is 3. The first-order valence-corrected chi connectivity index (χ1v) is 20.4. The van der Waals surface area contributed by atoms with Gasteiger partial charge in [0.2, 0.25) is 0 Å². The fraction of sp³-hybridized carbons (Fsp3) is 0.133. The van der Waals surface area contributed by atoms with Gasteiger partial charge in [-0.15, -0.1) is 0 Å². The Hall–Kier alpha value is -6.50. The number of rotatable bonds is 9. The number of nitrogens with two attached hydrogens (primary N) is 3. The van der Waals surface area contributed by atoms with E-state index in [4.69, 9.17) is 72.0 Å². The Morgan fingerprint density at radius 3 is 1.82 bits per heavy atom. The summed E-state index contributed by atoms with van der Waals surface area (Å²) in [5.74, 6) is 4.63. The minimum Gasteiger partial charge on any atom is -0.662 e. The molecule has 0 unspecified atom stereocenters. The van der Waals surface area contributed by atoms with Crippen LogP contribution in [0, 0.1) is 25.2 Å². The molecule has 10 N–H and O–H groups in total. The van der Waals surface area contributed by atoms with E-state index in [-0.39, 0.29) is 47.8 Å². The van der Waals surface area contributed by atoms with E-state index in [1.165, 1.54) is 0 Å². The molecular weight excluding hydrogens is 934 g/mol. The second-order valence-electron chi connectivity index (χ2n) is 13.9. The molecule has 0 saturated heterocycles. The monoisotopic (exact) mass is 974 g/mol. The Bertz CT molecular complexity index is 2990. The van der Waals surface area contributed by atoms with Crippen LogP contribution in [0.1, 0.15) is 49.8 Å². The van der Waals surface area contributed by atoms with E-state index in [2.05, 4.69) is 57.2 Å². The number of imidazole rings is 1. The summed E-state index contributed by atoms with van der Waals surface area (Å²) in [6.45, 7) is 4.02. The van der Waals surface area contributed by atoms with Gasteiger partial charge in [-0.05, 0) is 102 Å². The number of aromatic nitrogens is 6. The van der Waals surface area contributed by atoms with Crippen LogP contribution in [0.4, 0.5) is 5.82 Å². The fourth-order valence-corrected chi connectivity index (χ4v) is 6.81. The molecule has 0 aliphatic rings. The molecule has 5 heterocycles. The van der Waals surface area contributed by atoms with Gasteiger partial charge >= 0.3 is 29.6 Å². The summed E-state index contributed by atoms with van der Waals surface area (Å²) in [5, 5.41) is 42.5. The molecular formula is C45H42Cl3N12NaO6. The van der Waals surface area contributed by atoms with Crippen LogP contribution in [-0.4, -0.2) is 58.5 Å². The van der Waals surface area contributed by atoms with Gasteiger partial charge in [-0.1, -0.05) is 58.2 Å². The molecule has 8 rings (SSSR count). The van der Waals surface area contributed by atoms with Crippen LogP contribution < -0.4 is 57.5 Å². The summed E-state index contributed by atoms with van der Waals surface area (Å²) in [6.07, 6.45) is 7.79. The van der Waals surface area contributed by atoms with Crippen molar-refractivity contribution in [2.24, 2.45) is 16.8 Å². The van der Waals surface area contributed by atoms with Crippen molar-refractivity contribution < 1.29 is 59.7 Å². The number of halogens is 3. The number of hydrogen-bond acceptors (Lipinski definition) is 15. The number of anilines is 1. The van der Waals surface area contributed by atoms with Crippen molar-refractivity contribution in [3.63, 3.8) is 0 Å². The maximum atomic E-state index is 12.5. The molecule has 340 valence electrons. The number of nitrogens with zero attached hydrogens (tertiary/aromatic N) is 7. The molecule has 22 heteroatoms. The number of nitrogens with one attached hydrogen (secondary N) is 2. The van der Waals surface area contributed by atoms with Crippen molar-refractivity contribution in [3.8, 4) is 6.07 Å². The number of hydrogen-bond donors (Lipinski definition) is 7. The number of benzene rings is 3. The van der Waals surface area contributed by atoms with E-state index in [0.29, 0.717) is 58.2 Å². The third kappa shape index (κ3) is 17.0. The Kier molecular flexibility index (Phi) is 22.8. The van der Waals surface area contributed by atoms with E-state index in [1.807, 2.05) is 86.6 Å². The van der Waals surface area contributed by atoms with Crippen LogP contribution in [0.2, 0.25) is 15.1 Å². The summed E-state index contributed by atoms with van der Waals surface area (Å²) in [5.41, 5.74) is 20.0. The number of aryl methyl sites for hydroxylation is 2. The van der Waals surface area contributed by atoms with Crippen LogP contribution in [-0.2, 0) is 35.5 Å². The second-order valence-corrected chi connectivity index (χ2v) is 15.2.